The Morgan fingerprint density at radius 3 is 2.45 bits per heavy atom. The van der Waals surface area contributed by atoms with Gasteiger partial charge in [0, 0.05) is 18.8 Å². The van der Waals surface area contributed by atoms with Crippen molar-refractivity contribution in [2.45, 2.75) is 46.5 Å². The third kappa shape index (κ3) is 13.4. The summed E-state index contributed by atoms with van der Waals surface area (Å²) in [6.07, 6.45) is 6.86. The van der Waals surface area contributed by atoms with Gasteiger partial charge in [-0.05, 0) is 25.5 Å². The van der Waals surface area contributed by atoms with Gasteiger partial charge in [0.25, 0.3) is 10.1 Å². The summed E-state index contributed by atoms with van der Waals surface area (Å²) in [5, 5.41) is 0. The van der Waals surface area contributed by atoms with Crippen LogP contribution in [0.1, 0.15) is 46.5 Å². The van der Waals surface area contributed by atoms with Gasteiger partial charge in [-0.3, -0.25) is 9.18 Å². The molecule has 0 bridgehead atoms. The highest BCUT2D eigenvalue weighted by atomic mass is 32.2. The maximum Gasteiger partial charge on any atom is 0.268 e. The Kier molecular flexibility index (Phi) is 14.2. The first-order chi connectivity index (χ1) is 10.6. The summed E-state index contributed by atoms with van der Waals surface area (Å²) in [4.78, 5) is 6.40. The van der Waals surface area contributed by atoms with Gasteiger partial charge in [-0.2, -0.15) is 20.2 Å². The van der Waals surface area contributed by atoms with Gasteiger partial charge in [-0.15, -0.1) is 0 Å². The van der Waals surface area contributed by atoms with E-state index < -0.39 is 10.1 Å². The highest BCUT2D eigenvalue weighted by Gasteiger charge is 2.08. The van der Waals surface area contributed by atoms with Crippen LogP contribution in [-0.4, -0.2) is 63.2 Å². The molecule has 0 fully saturated rings. The summed E-state index contributed by atoms with van der Waals surface area (Å²) in [6.45, 7) is 9.60. The topological polar surface area (TPSA) is 59.0 Å². The largest absolute Gasteiger partial charge is 0.361 e. The Morgan fingerprint density at radius 1 is 1.18 bits per heavy atom. The summed E-state index contributed by atoms with van der Waals surface area (Å²) < 4.78 is 26.7. The van der Waals surface area contributed by atoms with Gasteiger partial charge < -0.3 is 4.90 Å². The molecule has 0 N–H and O–H groups in total. The average molecular weight is 353 g/mol. The predicted octanol–water partition coefficient (Wildman–Crippen LogP) is 3.02. The Bertz CT molecular complexity index is 373. The molecule has 0 aliphatic carbocycles. The molecule has 5 nitrogen and oxygen atoms in total. The van der Waals surface area contributed by atoms with Crippen molar-refractivity contribution < 1.29 is 12.6 Å². The molecule has 0 aromatic carbocycles. The highest BCUT2D eigenvalue weighted by Crippen LogP contribution is 2.06. The first-order valence-corrected chi connectivity index (χ1v) is 11.0. The number of hydrogen-bond acceptors (Lipinski definition) is 6. The van der Waals surface area contributed by atoms with E-state index in [9.17, 15) is 8.42 Å². The molecule has 0 aromatic heterocycles. The zero-order valence-electron chi connectivity index (χ0n) is 14.3. The number of aliphatic imine (C=N–C) groups is 1. The van der Waals surface area contributed by atoms with Crippen molar-refractivity contribution in [1.82, 2.24) is 4.90 Å². The molecule has 0 unspecified atom stereocenters. The second kappa shape index (κ2) is 14.3. The molecule has 0 aromatic rings. The van der Waals surface area contributed by atoms with Crippen LogP contribution in [0.15, 0.2) is 4.99 Å². The Labute approximate surface area is 141 Å². The van der Waals surface area contributed by atoms with Crippen molar-refractivity contribution in [3.05, 3.63) is 0 Å². The zero-order chi connectivity index (χ0) is 16.7. The summed E-state index contributed by atoms with van der Waals surface area (Å²) in [5.41, 5.74) is 0. The Hall–Kier alpha value is -0.270. The molecular weight excluding hydrogens is 320 g/mol. The van der Waals surface area contributed by atoms with Crippen LogP contribution in [0.2, 0.25) is 0 Å². The number of rotatable bonds is 11. The Morgan fingerprint density at radius 2 is 1.91 bits per heavy atom. The fourth-order valence-electron chi connectivity index (χ4n) is 1.70. The summed E-state index contributed by atoms with van der Waals surface area (Å²) >= 11 is 1.67. The lowest BCUT2D eigenvalue weighted by Crippen LogP contribution is -2.20. The zero-order valence-corrected chi connectivity index (χ0v) is 15.9. The standard InChI is InChI=1S/C8H18O3S2.C7H14N2/c1-3-5-6-12-7-8-13(9,10)11-4-2;1-2-3-5-9-6-4-8-7-9/h3-8H2,1-2H3;7H,2-6H2,1H3. The fraction of sp³-hybridized carbons (Fsp3) is 0.933. The van der Waals surface area contributed by atoms with Crippen molar-refractivity contribution >= 4 is 28.2 Å². The van der Waals surface area contributed by atoms with Crippen LogP contribution in [0.4, 0.5) is 0 Å². The minimum absolute atomic E-state index is 0.134. The molecule has 1 aliphatic rings. The first-order valence-electron chi connectivity index (χ1n) is 8.24. The minimum atomic E-state index is -3.24. The Balaban J connectivity index is 0.000000425. The van der Waals surface area contributed by atoms with Gasteiger partial charge >= 0.3 is 0 Å². The van der Waals surface area contributed by atoms with Crippen molar-refractivity contribution in [2.24, 2.45) is 4.99 Å². The molecule has 0 saturated carbocycles. The van der Waals surface area contributed by atoms with E-state index in [0.717, 1.165) is 31.7 Å². The molecule has 0 radical (unpaired) electrons. The van der Waals surface area contributed by atoms with Crippen LogP contribution in [0, 0.1) is 0 Å². The molecule has 0 spiro atoms. The lowest BCUT2D eigenvalue weighted by molar-refractivity contribution is 0.339. The molecule has 22 heavy (non-hydrogen) atoms. The summed E-state index contributed by atoms with van der Waals surface area (Å²) in [6, 6.07) is 0. The van der Waals surface area contributed by atoms with Crippen molar-refractivity contribution in [1.29, 1.82) is 0 Å². The van der Waals surface area contributed by atoms with E-state index in [-0.39, 0.29) is 12.4 Å². The highest BCUT2D eigenvalue weighted by molar-refractivity contribution is 8.00. The lowest BCUT2D eigenvalue weighted by atomic mass is 10.3. The monoisotopic (exact) mass is 352 g/mol. The second-order valence-corrected chi connectivity index (χ2v) is 8.03. The predicted molar refractivity (Wildman–Crippen MR) is 97.5 cm³/mol. The van der Waals surface area contributed by atoms with Gasteiger partial charge in [-0.25, -0.2) is 0 Å². The van der Waals surface area contributed by atoms with Gasteiger partial charge in [0.15, 0.2) is 0 Å². The van der Waals surface area contributed by atoms with Crippen LogP contribution in [0.3, 0.4) is 0 Å². The first kappa shape index (κ1) is 21.7. The molecule has 132 valence electrons. The van der Waals surface area contributed by atoms with E-state index in [4.69, 9.17) is 0 Å². The van der Waals surface area contributed by atoms with Crippen molar-refractivity contribution in [3.63, 3.8) is 0 Å². The van der Waals surface area contributed by atoms with E-state index in [2.05, 4.69) is 27.9 Å². The van der Waals surface area contributed by atoms with E-state index in [0.29, 0.717) is 5.75 Å². The second-order valence-electron chi connectivity index (χ2n) is 5.05. The van der Waals surface area contributed by atoms with E-state index in [1.165, 1.54) is 19.4 Å². The molecule has 0 saturated heterocycles. The molecule has 7 heteroatoms. The van der Waals surface area contributed by atoms with E-state index in [1.54, 1.807) is 18.7 Å². The lowest BCUT2D eigenvalue weighted by Gasteiger charge is -2.11. The minimum Gasteiger partial charge on any atom is -0.361 e. The van der Waals surface area contributed by atoms with E-state index >= 15 is 0 Å². The average Bonchev–Trinajstić information content (AvgIpc) is 2.99. The molecule has 0 amide bonds. The summed E-state index contributed by atoms with van der Waals surface area (Å²) in [7, 11) is -3.24. The van der Waals surface area contributed by atoms with Gasteiger partial charge in [0.1, 0.15) is 0 Å². The molecule has 1 heterocycles. The van der Waals surface area contributed by atoms with Crippen LogP contribution in [0.5, 0.6) is 0 Å². The smallest absolute Gasteiger partial charge is 0.268 e. The molecule has 1 aliphatic heterocycles. The van der Waals surface area contributed by atoms with Gasteiger partial charge in [0.2, 0.25) is 0 Å². The van der Waals surface area contributed by atoms with Crippen molar-refractivity contribution in [2.75, 3.05) is 43.5 Å². The number of hydrogen-bond donors (Lipinski definition) is 0. The van der Waals surface area contributed by atoms with Crippen LogP contribution < -0.4 is 0 Å². The normalized spacial score (nSPS) is 14.0. The maximum absolute atomic E-state index is 11.0. The number of thioether (sulfide) groups is 1. The maximum atomic E-state index is 11.0. The third-order valence-electron chi connectivity index (χ3n) is 2.98. The van der Waals surface area contributed by atoms with Gasteiger partial charge in [0.05, 0.1) is 25.2 Å². The third-order valence-corrected chi connectivity index (χ3v) is 5.60. The molecule has 1 rings (SSSR count). The molecular formula is C15H32N2O3S2. The van der Waals surface area contributed by atoms with Gasteiger partial charge in [-0.1, -0.05) is 26.7 Å². The van der Waals surface area contributed by atoms with E-state index in [1.807, 2.05) is 6.34 Å². The van der Waals surface area contributed by atoms with Crippen LogP contribution in [0.25, 0.3) is 0 Å². The SMILES string of the molecule is CCCCN1C=NCC1.CCCCSCCS(=O)(=O)OCC. The fourth-order valence-corrected chi connectivity index (χ4v) is 4.16. The number of nitrogens with zero attached hydrogens (tertiary/aromatic N) is 2. The summed E-state index contributed by atoms with van der Waals surface area (Å²) in [5.74, 6) is 1.82. The number of unbranched alkanes of at least 4 members (excludes halogenated alkanes) is 2. The quantitative estimate of drug-likeness (QED) is 0.422. The van der Waals surface area contributed by atoms with Crippen LogP contribution in [-0.2, 0) is 14.3 Å². The molecule has 0 atom stereocenters. The van der Waals surface area contributed by atoms with Crippen LogP contribution >= 0.6 is 11.8 Å². The van der Waals surface area contributed by atoms with Crippen molar-refractivity contribution in [3.8, 4) is 0 Å².